The fraction of sp³-hybridized carbons (Fsp3) is 0.273. The van der Waals surface area contributed by atoms with Gasteiger partial charge in [-0.2, -0.15) is 0 Å². The molecule has 0 radical (unpaired) electrons. The van der Waals surface area contributed by atoms with Gasteiger partial charge in [-0.3, -0.25) is 9.59 Å². The number of rotatable bonds is 2. The van der Waals surface area contributed by atoms with E-state index in [1.54, 1.807) is 12.1 Å². The predicted molar refractivity (Wildman–Crippen MR) is 59.2 cm³/mol. The van der Waals surface area contributed by atoms with Gasteiger partial charge in [-0.05, 0) is 18.2 Å². The summed E-state index contributed by atoms with van der Waals surface area (Å²) in [4.78, 5) is 22.5. The Morgan fingerprint density at radius 1 is 1.44 bits per heavy atom. The number of ether oxygens (including phenoxy) is 2. The lowest BCUT2D eigenvalue weighted by Crippen LogP contribution is -2.07. The Kier molecular flexibility index (Phi) is 2.96. The Morgan fingerprint density at radius 2 is 2.19 bits per heavy atom. The number of cyclic esters (lactones) is 2. The summed E-state index contributed by atoms with van der Waals surface area (Å²) in [5.74, 6) is -0.974. The monoisotopic (exact) mass is 284 g/mol. The number of benzene rings is 1. The number of esters is 2. The normalized spacial score (nSPS) is 19.8. The van der Waals surface area contributed by atoms with Crippen LogP contribution in [-0.4, -0.2) is 19.0 Å². The van der Waals surface area contributed by atoms with Crippen LogP contribution in [-0.2, 0) is 14.3 Å². The molecule has 2 rings (SSSR count). The van der Waals surface area contributed by atoms with Gasteiger partial charge < -0.3 is 9.47 Å². The van der Waals surface area contributed by atoms with Crippen LogP contribution in [0.3, 0.4) is 0 Å². The third-order valence-corrected chi connectivity index (χ3v) is 2.93. The average Bonchev–Trinajstić information content (AvgIpc) is 2.57. The lowest BCUT2D eigenvalue weighted by molar-refractivity contribution is -0.152. The zero-order chi connectivity index (χ0) is 11.7. The molecule has 1 aromatic rings. The van der Waals surface area contributed by atoms with E-state index in [0.717, 1.165) is 4.47 Å². The molecule has 1 aliphatic rings. The van der Waals surface area contributed by atoms with Crippen molar-refractivity contribution in [2.24, 2.45) is 0 Å². The van der Waals surface area contributed by atoms with Crippen LogP contribution in [0.4, 0.5) is 0 Å². The molecule has 0 aromatic heterocycles. The lowest BCUT2D eigenvalue weighted by atomic mass is 9.97. The molecule has 5 heteroatoms. The Balaban J connectivity index is 2.42. The van der Waals surface area contributed by atoms with Crippen molar-refractivity contribution in [3.05, 3.63) is 28.2 Å². The summed E-state index contributed by atoms with van der Waals surface area (Å²) in [5, 5.41) is 0. The van der Waals surface area contributed by atoms with Crippen LogP contribution in [0.25, 0.3) is 0 Å². The van der Waals surface area contributed by atoms with E-state index in [1.807, 2.05) is 6.07 Å². The zero-order valence-corrected chi connectivity index (χ0v) is 10.1. The van der Waals surface area contributed by atoms with Crippen molar-refractivity contribution in [2.75, 3.05) is 7.11 Å². The van der Waals surface area contributed by atoms with Gasteiger partial charge in [-0.15, -0.1) is 0 Å². The van der Waals surface area contributed by atoms with Crippen molar-refractivity contribution in [2.45, 2.75) is 12.3 Å². The maximum absolute atomic E-state index is 11.5. The summed E-state index contributed by atoms with van der Waals surface area (Å²) in [6.07, 6.45) is 0.0750. The van der Waals surface area contributed by atoms with Crippen molar-refractivity contribution >= 4 is 27.9 Å². The van der Waals surface area contributed by atoms with Gasteiger partial charge in [0.2, 0.25) is 0 Å². The minimum Gasteiger partial charge on any atom is -0.496 e. The van der Waals surface area contributed by atoms with Crippen LogP contribution < -0.4 is 4.74 Å². The summed E-state index contributed by atoms with van der Waals surface area (Å²) >= 11 is 3.32. The first-order chi connectivity index (χ1) is 7.61. The van der Waals surface area contributed by atoms with Crippen molar-refractivity contribution in [3.63, 3.8) is 0 Å². The van der Waals surface area contributed by atoms with Crippen LogP contribution in [0.2, 0.25) is 0 Å². The molecule has 1 fully saturated rings. The quantitative estimate of drug-likeness (QED) is 0.616. The molecular weight excluding hydrogens is 276 g/mol. The molecule has 1 unspecified atom stereocenters. The molecule has 0 amide bonds. The van der Waals surface area contributed by atoms with E-state index in [-0.39, 0.29) is 6.42 Å². The van der Waals surface area contributed by atoms with Crippen molar-refractivity contribution in [3.8, 4) is 5.75 Å². The highest BCUT2D eigenvalue weighted by Crippen LogP contribution is 2.35. The molecule has 1 atom stereocenters. The molecule has 0 aliphatic carbocycles. The maximum Gasteiger partial charge on any atom is 0.321 e. The molecule has 1 heterocycles. The van der Waals surface area contributed by atoms with Crippen LogP contribution >= 0.6 is 15.9 Å². The second kappa shape index (κ2) is 4.25. The standard InChI is InChI=1S/C11H9BrO4/c1-15-9-3-2-6(12)4-7(9)8-5-10(13)16-11(8)14/h2-4,8H,5H2,1H3. The summed E-state index contributed by atoms with van der Waals surface area (Å²) in [7, 11) is 1.52. The SMILES string of the molecule is COc1ccc(Br)cc1C1CC(=O)OC1=O. The highest BCUT2D eigenvalue weighted by molar-refractivity contribution is 9.10. The van der Waals surface area contributed by atoms with E-state index in [0.29, 0.717) is 11.3 Å². The van der Waals surface area contributed by atoms with E-state index < -0.39 is 17.9 Å². The summed E-state index contributed by atoms with van der Waals surface area (Å²) in [5.41, 5.74) is 0.674. The highest BCUT2D eigenvalue weighted by atomic mass is 79.9. The van der Waals surface area contributed by atoms with Crippen LogP contribution in [0.15, 0.2) is 22.7 Å². The Labute approximate surface area is 101 Å². The third-order valence-electron chi connectivity index (χ3n) is 2.44. The average molecular weight is 285 g/mol. The topological polar surface area (TPSA) is 52.6 Å². The van der Waals surface area contributed by atoms with E-state index in [1.165, 1.54) is 7.11 Å². The molecule has 0 spiro atoms. The van der Waals surface area contributed by atoms with E-state index in [9.17, 15) is 9.59 Å². The first kappa shape index (κ1) is 11.1. The number of carbonyl (C=O) groups is 2. The smallest absolute Gasteiger partial charge is 0.321 e. The Hall–Kier alpha value is -1.36. The van der Waals surface area contributed by atoms with Gasteiger partial charge in [0.25, 0.3) is 0 Å². The Morgan fingerprint density at radius 3 is 2.75 bits per heavy atom. The van der Waals surface area contributed by atoms with Gasteiger partial charge in [0.05, 0.1) is 19.4 Å². The minimum absolute atomic E-state index is 0.0750. The molecule has 16 heavy (non-hydrogen) atoms. The molecule has 0 saturated carbocycles. The molecule has 0 N–H and O–H groups in total. The van der Waals surface area contributed by atoms with Gasteiger partial charge in [0, 0.05) is 10.0 Å². The Bertz CT molecular complexity index is 455. The zero-order valence-electron chi connectivity index (χ0n) is 8.53. The highest BCUT2D eigenvalue weighted by Gasteiger charge is 2.36. The number of carbonyl (C=O) groups excluding carboxylic acids is 2. The maximum atomic E-state index is 11.5. The van der Waals surface area contributed by atoms with Crippen molar-refractivity contribution in [1.29, 1.82) is 0 Å². The number of methoxy groups -OCH3 is 1. The molecular formula is C11H9BrO4. The number of halogens is 1. The van der Waals surface area contributed by atoms with Crippen molar-refractivity contribution < 1.29 is 19.1 Å². The summed E-state index contributed by atoms with van der Waals surface area (Å²) in [6, 6.07) is 5.32. The van der Waals surface area contributed by atoms with Crippen LogP contribution in [0.5, 0.6) is 5.75 Å². The van der Waals surface area contributed by atoms with E-state index in [2.05, 4.69) is 20.7 Å². The summed E-state index contributed by atoms with van der Waals surface area (Å²) < 4.78 is 10.5. The summed E-state index contributed by atoms with van der Waals surface area (Å²) in [6.45, 7) is 0. The molecule has 84 valence electrons. The van der Waals surface area contributed by atoms with Crippen LogP contribution in [0.1, 0.15) is 17.9 Å². The molecule has 1 aromatic carbocycles. The van der Waals surface area contributed by atoms with Gasteiger partial charge in [-0.25, -0.2) is 0 Å². The first-order valence-corrected chi connectivity index (χ1v) is 5.49. The molecule has 1 saturated heterocycles. The van der Waals surface area contributed by atoms with Gasteiger partial charge in [0.15, 0.2) is 0 Å². The van der Waals surface area contributed by atoms with Gasteiger partial charge in [-0.1, -0.05) is 15.9 Å². The van der Waals surface area contributed by atoms with E-state index in [4.69, 9.17) is 4.74 Å². The lowest BCUT2D eigenvalue weighted by Gasteiger charge is -2.11. The van der Waals surface area contributed by atoms with E-state index >= 15 is 0 Å². The molecule has 1 aliphatic heterocycles. The minimum atomic E-state index is -0.556. The first-order valence-electron chi connectivity index (χ1n) is 4.70. The van der Waals surface area contributed by atoms with Crippen molar-refractivity contribution in [1.82, 2.24) is 0 Å². The fourth-order valence-electron chi connectivity index (χ4n) is 1.69. The largest absolute Gasteiger partial charge is 0.496 e. The fourth-order valence-corrected chi connectivity index (χ4v) is 2.07. The van der Waals surface area contributed by atoms with Crippen LogP contribution in [0, 0.1) is 0 Å². The number of hydrogen-bond donors (Lipinski definition) is 0. The predicted octanol–water partition coefficient (Wildman–Crippen LogP) is 2.01. The number of hydrogen-bond acceptors (Lipinski definition) is 4. The second-order valence-corrected chi connectivity index (χ2v) is 4.35. The second-order valence-electron chi connectivity index (χ2n) is 3.44. The third kappa shape index (κ3) is 1.95. The van der Waals surface area contributed by atoms with Gasteiger partial charge in [0.1, 0.15) is 5.75 Å². The molecule has 4 nitrogen and oxygen atoms in total. The molecule has 0 bridgehead atoms. The van der Waals surface area contributed by atoms with Gasteiger partial charge >= 0.3 is 11.9 Å².